The third-order valence-electron chi connectivity index (χ3n) is 9.13. The number of carboxylic acids is 1. The molecule has 2 heterocycles. The van der Waals surface area contributed by atoms with Crippen molar-refractivity contribution in [1.82, 2.24) is 15.2 Å². The van der Waals surface area contributed by atoms with Gasteiger partial charge in [-0.25, -0.2) is 0 Å². The van der Waals surface area contributed by atoms with E-state index in [1.807, 2.05) is 54.6 Å². The first kappa shape index (κ1) is 33.7. The van der Waals surface area contributed by atoms with Crippen LogP contribution in [-0.2, 0) is 21.4 Å². The summed E-state index contributed by atoms with van der Waals surface area (Å²) in [7, 11) is 0. The lowest BCUT2D eigenvalue weighted by atomic mass is 9.73. The number of likely N-dealkylation sites (tertiary alicyclic amines) is 1. The van der Waals surface area contributed by atoms with E-state index >= 15 is 0 Å². The number of aliphatic hydroxyl groups is 1. The number of hydrogen-bond acceptors (Lipinski definition) is 7. The molecule has 5 N–H and O–H groups in total. The lowest BCUT2D eigenvalue weighted by Gasteiger charge is -2.39. The summed E-state index contributed by atoms with van der Waals surface area (Å²) in [5, 5.41) is 34.6. The van der Waals surface area contributed by atoms with Crippen LogP contribution in [0.3, 0.4) is 0 Å². The molecule has 1 aromatic heterocycles. The van der Waals surface area contributed by atoms with Gasteiger partial charge in [0.1, 0.15) is 11.5 Å². The Hall–Kier alpha value is -4.67. The second kappa shape index (κ2) is 15.8. The molecule has 248 valence electrons. The van der Waals surface area contributed by atoms with Crippen LogP contribution in [0.25, 0.3) is 10.9 Å². The van der Waals surface area contributed by atoms with Crippen molar-refractivity contribution in [2.45, 2.75) is 56.5 Å². The molecule has 1 unspecified atom stereocenters. The molecule has 1 amide bonds. The van der Waals surface area contributed by atoms with Gasteiger partial charge in [0.05, 0.1) is 23.6 Å². The molecule has 0 saturated carbocycles. The number of H-pyrrole nitrogens is 1. The van der Waals surface area contributed by atoms with Gasteiger partial charge >= 0.3 is 5.97 Å². The van der Waals surface area contributed by atoms with E-state index < -0.39 is 17.5 Å². The number of aliphatic carboxylic acids is 1. The smallest absolute Gasteiger partial charge is 0.314 e. The molecule has 1 aliphatic heterocycles. The summed E-state index contributed by atoms with van der Waals surface area (Å²) in [6, 6.07) is 23.3. The van der Waals surface area contributed by atoms with Crippen LogP contribution >= 0.6 is 0 Å². The van der Waals surface area contributed by atoms with Crippen LogP contribution in [0.5, 0.6) is 11.5 Å². The maximum Gasteiger partial charge on any atom is 0.314 e. The number of pyridine rings is 1. The highest BCUT2D eigenvalue weighted by atomic mass is 16.5. The van der Waals surface area contributed by atoms with Crippen molar-refractivity contribution in [3.8, 4) is 11.5 Å². The molecule has 1 atom stereocenters. The van der Waals surface area contributed by atoms with Crippen LogP contribution in [0.1, 0.15) is 61.3 Å². The van der Waals surface area contributed by atoms with Gasteiger partial charge in [-0.05, 0) is 86.0 Å². The molecule has 0 bridgehead atoms. The van der Waals surface area contributed by atoms with E-state index in [1.54, 1.807) is 17.0 Å². The molecule has 1 saturated heterocycles. The minimum absolute atomic E-state index is 0.0306. The number of fused-ring (bicyclic) bond motifs is 1. The number of aryl methyl sites for hydroxylation is 1. The van der Waals surface area contributed by atoms with Crippen molar-refractivity contribution in [2.24, 2.45) is 0 Å². The van der Waals surface area contributed by atoms with Crippen LogP contribution in [-0.4, -0.2) is 69.9 Å². The molecule has 4 aromatic rings. The van der Waals surface area contributed by atoms with Crippen molar-refractivity contribution in [1.29, 1.82) is 0 Å². The molecule has 1 fully saturated rings. The topological polar surface area (TPSA) is 152 Å². The largest absolute Gasteiger partial charge is 0.506 e. The summed E-state index contributed by atoms with van der Waals surface area (Å²) in [5.41, 5.74) is 1.56. The van der Waals surface area contributed by atoms with Crippen LogP contribution in [0, 0.1) is 0 Å². The summed E-state index contributed by atoms with van der Waals surface area (Å²) in [6.07, 6.45) is 3.80. The highest BCUT2D eigenvalue weighted by Crippen LogP contribution is 2.36. The Bertz CT molecular complexity index is 1700. The second-order valence-corrected chi connectivity index (χ2v) is 12.2. The van der Waals surface area contributed by atoms with Gasteiger partial charge in [0.25, 0.3) is 0 Å². The Morgan fingerprint density at radius 1 is 0.936 bits per heavy atom. The minimum Gasteiger partial charge on any atom is -0.506 e. The van der Waals surface area contributed by atoms with Gasteiger partial charge in [-0.1, -0.05) is 48.5 Å². The van der Waals surface area contributed by atoms with E-state index in [-0.39, 0.29) is 17.2 Å². The normalized spacial score (nSPS) is 15.0. The zero-order valence-corrected chi connectivity index (χ0v) is 26.5. The maximum absolute atomic E-state index is 12.9. The minimum atomic E-state index is -0.940. The number of carboxylic acid groups (broad SMARTS) is 1. The number of aromatic hydroxyl groups is 1. The maximum atomic E-state index is 12.9. The van der Waals surface area contributed by atoms with Crippen molar-refractivity contribution in [2.75, 3.05) is 32.8 Å². The van der Waals surface area contributed by atoms with Gasteiger partial charge in [0.15, 0.2) is 0 Å². The van der Waals surface area contributed by atoms with E-state index in [1.165, 1.54) is 12.1 Å². The van der Waals surface area contributed by atoms with E-state index in [9.17, 15) is 29.7 Å². The summed E-state index contributed by atoms with van der Waals surface area (Å²) in [5.74, 6) is -0.0275. The van der Waals surface area contributed by atoms with Crippen molar-refractivity contribution >= 4 is 22.8 Å². The predicted molar refractivity (Wildman–Crippen MR) is 180 cm³/mol. The Morgan fingerprint density at radius 3 is 2.40 bits per heavy atom. The van der Waals surface area contributed by atoms with Crippen LogP contribution < -0.4 is 15.6 Å². The number of aliphatic hydroxyl groups excluding tert-OH is 1. The quantitative estimate of drug-likeness (QED) is 0.117. The van der Waals surface area contributed by atoms with Gasteiger partial charge in [0, 0.05) is 37.5 Å². The molecular formula is C37H43N3O7. The van der Waals surface area contributed by atoms with Gasteiger partial charge in [-0.2, -0.15) is 0 Å². The van der Waals surface area contributed by atoms with Crippen molar-refractivity contribution in [3.63, 3.8) is 0 Å². The zero-order chi connectivity index (χ0) is 33.2. The number of carbonyl (C=O) groups is 2. The van der Waals surface area contributed by atoms with Crippen molar-refractivity contribution in [3.05, 3.63) is 106 Å². The standard InChI is InChI=1S/C37H43N3O7/c41-31-16-14-29(30-15-17-33(43)39-35(30)31)32(42)25-38-21-5-2-6-24-47-28-12-9-26(10-13-28)11-18-34(44)40-22-19-37(20-23-40,36(45)46)27-7-3-1-4-8-27/h1,3-4,7-10,12-17,32,38,41-42H,2,5-6,11,18-25H2,(H,39,43)(H,45,46). The number of rotatable bonds is 15. The molecule has 47 heavy (non-hydrogen) atoms. The number of benzene rings is 3. The average Bonchev–Trinajstić information content (AvgIpc) is 3.09. The molecule has 0 radical (unpaired) electrons. The van der Waals surface area contributed by atoms with E-state index in [2.05, 4.69) is 10.3 Å². The zero-order valence-electron chi connectivity index (χ0n) is 26.5. The summed E-state index contributed by atoms with van der Waals surface area (Å²) in [4.78, 5) is 41.1. The second-order valence-electron chi connectivity index (χ2n) is 12.2. The number of ether oxygens (including phenoxy) is 1. The fourth-order valence-electron chi connectivity index (χ4n) is 6.30. The van der Waals surface area contributed by atoms with Crippen LogP contribution in [0.15, 0.2) is 83.7 Å². The molecule has 10 heteroatoms. The molecule has 10 nitrogen and oxygen atoms in total. The summed E-state index contributed by atoms with van der Waals surface area (Å²) in [6.45, 7) is 2.55. The number of piperidine rings is 1. The number of nitrogens with one attached hydrogen (secondary N) is 2. The highest BCUT2D eigenvalue weighted by molar-refractivity contribution is 5.87. The molecule has 1 aliphatic rings. The Labute approximate surface area is 274 Å². The average molecular weight is 642 g/mol. The number of nitrogens with zero attached hydrogens (tertiary/aromatic N) is 1. The Kier molecular flexibility index (Phi) is 11.3. The number of aromatic nitrogens is 1. The van der Waals surface area contributed by atoms with E-state index in [4.69, 9.17) is 4.74 Å². The molecular weight excluding hydrogens is 598 g/mol. The van der Waals surface area contributed by atoms with Gasteiger partial charge in [-0.15, -0.1) is 0 Å². The third-order valence-corrected chi connectivity index (χ3v) is 9.13. The highest BCUT2D eigenvalue weighted by Gasteiger charge is 2.43. The van der Waals surface area contributed by atoms with E-state index in [0.29, 0.717) is 68.4 Å². The van der Waals surface area contributed by atoms with Gasteiger partial charge in [-0.3, -0.25) is 14.4 Å². The number of carbonyl (C=O) groups excluding carboxylic acids is 1. The molecule has 5 rings (SSSR count). The molecule has 3 aromatic carbocycles. The lowest BCUT2D eigenvalue weighted by molar-refractivity contribution is -0.148. The lowest BCUT2D eigenvalue weighted by Crippen LogP contribution is -2.49. The number of unbranched alkanes of at least 4 members (excludes halogenated alkanes) is 2. The Balaban J connectivity index is 0.953. The number of phenols is 1. The van der Waals surface area contributed by atoms with Crippen LogP contribution in [0.2, 0.25) is 0 Å². The number of amides is 1. The number of phenolic OH excluding ortho intramolecular Hbond substituents is 1. The Morgan fingerprint density at radius 2 is 1.68 bits per heavy atom. The number of hydrogen-bond donors (Lipinski definition) is 5. The first-order valence-electron chi connectivity index (χ1n) is 16.3. The van der Waals surface area contributed by atoms with E-state index in [0.717, 1.165) is 42.7 Å². The van der Waals surface area contributed by atoms with Crippen LogP contribution in [0.4, 0.5) is 0 Å². The molecule has 0 aliphatic carbocycles. The number of aromatic amines is 1. The van der Waals surface area contributed by atoms with Crippen molar-refractivity contribution < 1.29 is 29.6 Å². The third kappa shape index (κ3) is 8.38. The summed E-state index contributed by atoms with van der Waals surface area (Å²) < 4.78 is 5.89. The fraction of sp³-hybridized carbons (Fsp3) is 0.378. The molecule has 0 spiro atoms. The SMILES string of the molecule is O=C(CCc1ccc(OCCCCCNCC(O)c2ccc(O)c3[nH]c(=O)ccc23)cc1)N1CCC(C(=O)O)(c2ccccc2)CC1. The van der Waals surface area contributed by atoms with Gasteiger partial charge < -0.3 is 35.3 Å². The predicted octanol–water partition coefficient (Wildman–Crippen LogP) is 4.68. The first-order chi connectivity index (χ1) is 22.8. The first-order valence-corrected chi connectivity index (χ1v) is 16.3. The van der Waals surface area contributed by atoms with Gasteiger partial charge in [0.2, 0.25) is 11.5 Å². The fourth-order valence-corrected chi connectivity index (χ4v) is 6.30. The monoisotopic (exact) mass is 641 g/mol. The summed E-state index contributed by atoms with van der Waals surface area (Å²) >= 11 is 0.